The Morgan fingerprint density at radius 2 is 2.00 bits per heavy atom. The predicted octanol–water partition coefficient (Wildman–Crippen LogP) is 3.10. The lowest BCUT2D eigenvalue weighted by molar-refractivity contribution is -0.138. The fourth-order valence-corrected chi connectivity index (χ4v) is 4.71. The summed E-state index contributed by atoms with van der Waals surface area (Å²) < 4.78 is 45.2. The number of aliphatic hydroxyl groups is 1. The molecule has 0 radical (unpaired) electrons. The fourth-order valence-electron chi connectivity index (χ4n) is 4.71. The Morgan fingerprint density at radius 3 is 2.62 bits per heavy atom. The van der Waals surface area contributed by atoms with Crippen molar-refractivity contribution in [2.75, 3.05) is 49.7 Å². The summed E-state index contributed by atoms with van der Waals surface area (Å²) in [5, 5.41) is 17.5. The summed E-state index contributed by atoms with van der Waals surface area (Å²) in [6.07, 6.45) is -1.45. The number of nitrogens with zero attached hydrogens (tertiary/aromatic N) is 4. The number of anilines is 2. The highest BCUT2D eigenvalue weighted by Gasteiger charge is 2.37. The highest BCUT2D eigenvalue weighted by Crippen LogP contribution is 2.32. The standard InChI is InChI=1S/C27H39F3N6O4/c1-17-12-19(26(3,4)5)13-31-24(17)36-9-8-35(15-20(36)6-10-37)22(38)7-11-40-16-18(2)33-21-14-32-34-25(39)23(21)27(28,29)30/h12-14,18,20,37H,6-11,15-16H2,1-5H3,(H2,33,34,39)/t18-,20?/m0/s1. The first kappa shape index (κ1) is 31.3. The van der Waals surface area contributed by atoms with Crippen LogP contribution in [0.4, 0.5) is 24.7 Å². The number of carbonyl (C=O) groups is 1. The summed E-state index contributed by atoms with van der Waals surface area (Å²) >= 11 is 0. The number of hydrogen-bond acceptors (Lipinski definition) is 8. The van der Waals surface area contributed by atoms with Crippen molar-refractivity contribution in [3.8, 4) is 0 Å². The molecule has 10 nitrogen and oxygen atoms in total. The van der Waals surface area contributed by atoms with Gasteiger partial charge in [-0.25, -0.2) is 10.1 Å². The van der Waals surface area contributed by atoms with E-state index in [2.05, 4.69) is 42.2 Å². The van der Waals surface area contributed by atoms with Gasteiger partial charge in [-0.1, -0.05) is 26.8 Å². The van der Waals surface area contributed by atoms with Gasteiger partial charge in [0.15, 0.2) is 0 Å². The van der Waals surface area contributed by atoms with E-state index in [9.17, 15) is 27.9 Å². The number of piperazine rings is 1. The number of pyridine rings is 1. The Morgan fingerprint density at radius 1 is 1.27 bits per heavy atom. The van der Waals surface area contributed by atoms with E-state index in [1.165, 1.54) is 0 Å². The van der Waals surface area contributed by atoms with Crippen LogP contribution in [-0.2, 0) is 21.1 Å². The molecule has 0 bridgehead atoms. The smallest absolute Gasteiger partial charge is 0.396 e. The fraction of sp³-hybridized carbons (Fsp3) is 0.630. The Balaban J connectivity index is 1.52. The van der Waals surface area contributed by atoms with Crippen molar-refractivity contribution in [3.63, 3.8) is 0 Å². The van der Waals surface area contributed by atoms with Gasteiger partial charge in [-0.15, -0.1) is 0 Å². The molecule has 1 aliphatic rings. The second kappa shape index (κ2) is 13.0. The Kier molecular flexibility index (Phi) is 10.2. The highest BCUT2D eigenvalue weighted by molar-refractivity contribution is 5.76. The molecule has 1 fully saturated rings. The molecular formula is C27H39F3N6O4. The van der Waals surface area contributed by atoms with Gasteiger partial charge in [0.1, 0.15) is 11.4 Å². The molecule has 1 saturated heterocycles. The van der Waals surface area contributed by atoms with Gasteiger partial charge in [0, 0.05) is 38.5 Å². The molecule has 0 saturated carbocycles. The van der Waals surface area contributed by atoms with E-state index in [1.54, 1.807) is 16.9 Å². The van der Waals surface area contributed by atoms with Gasteiger partial charge in [0.2, 0.25) is 5.91 Å². The zero-order valence-electron chi connectivity index (χ0n) is 23.6. The summed E-state index contributed by atoms with van der Waals surface area (Å²) in [4.78, 5) is 33.2. The van der Waals surface area contributed by atoms with Crippen molar-refractivity contribution in [1.29, 1.82) is 0 Å². The Labute approximate surface area is 231 Å². The third kappa shape index (κ3) is 7.94. The molecule has 0 spiro atoms. The van der Waals surface area contributed by atoms with Gasteiger partial charge in [0.25, 0.3) is 5.56 Å². The normalized spacial score (nSPS) is 17.2. The molecule has 1 amide bonds. The molecule has 40 heavy (non-hydrogen) atoms. The van der Waals surface area contributed by atoms with E-state index in [1.807, 2.05) is 13.1 Å². The third-order valence-corrected chi connectivity index (χ3v) is 6.86. The topological polar surface area (TPSA) is 124 Å². The highest BCUT2D eigenvalue weighted by atomic mass is 19.4. The first-order chi connectivity index (χ1) is 18.7. The number of amides is 1. The maximum absolute atomic E-state index is 13.2. The van der Waals surface area contributed by atoms with Crippen LogP contribution in [0, 0.1) is 6.92 Å². The number of alkyl halides is 3. The molecule has 222 valence electrons. The Hall–Kier alpha value is -3.19. The number of ether oxygens (including phenoxy) is 1. The molecule has 3 N–H and O–H groups in total. The van der Waals surface area contributed by atoms with Crippen molar-refractivity contribution in [3.05, 3.63) is 45.5 Å². The number of carbonyl (C=O) groups excluding carboxylic acids is 1. The zero-order chi connectivity index (χ0) is 29.7. The number of halogens is 3. The van der Waals surface area contributed by atoms with E-state index < -0.39 is 29.0 Å². The lowest BCUT2D eigenvalue weighted by Crippen LogP contribution is -2.55. The van der Waals surface area contributed by atoms with E-state index in [0.29, 0.717) is 26.1 Å². The lowest BCUT2D eigenvalue weighted by Gasteiger charge is -2.42. The third-order valence-electron chi connectivity index (χ3n) is 6.86. The monoisotopic (exact) mass is 568 g/mol. The molecule has 2 atom stereocenters. The summed E-state index contributed by atoms with van der Waals surface area (Å²) in [5.74, 6) is 0.752. The number of aromatic nitrogens is 3. The van der Waals surface area contributed by atoms with Crippen LogP contribution in [0.5, 0.6) is 0 Å². The van der Waals surface area contributed by atoms with Gasteiger partial charge in [-0.2, -0.15) is 18.3 Å². The molecule has 0 aromatic carbocycles. The summed E-state index contributed by atoms with van der Waals surface area (Å²) in [6, 6.07) is 1.47. The largest absolute Gasteiger partial charge is 0.423 e. The zero-order valence-corrected chi connectivity index (χ0v) is 23.6. The van der Waals surface area contributed by atoms with E-state index in [-0.39, 0.29) is 43.6 Å². The molecule has 13 heteroatoms. The summed E-state index contributed by atoms with van der Waals surface area (Å²) in [6.45, 7) is 11.6. The SMILES string of the molecule is Cc1cc(C(C)(C)C)cnc1N1CCN(C(=O)CCOC[C@H](C)Nc2cn[nH]c(=O)c2C(F)(F)F)CC1CCO. The minimum atomic E-state index is -4.84. The molecule has 3 rings (SSSR count). The van der Waals surface area contributed by atoms with E-state index in [0.717, 1.165) is 23.1 Å². The Bertz CT molecular complexity index is 1210. The number of aromatic amines is 1. The molecule has 0 aliphatic carbocycles. The molecular weight excluding hydrogens is 529 g/mol. The first-order valence-corrected chi connectivity index (χ1v) is 13.3. The van der Waals surface area contributed by atoms with Crippen LogP contribution in [0.2, 0.25) is 0 Å². The minimum absolute atomic E-state index is 0.0187. The van der Waals surface area contributed by atoms with Crippen LogP contribution in [0.1, 0.15) is 57.2 Å². The second-order valence-corrected chi connectivity index (χ2v) is 11.2. The number of H-pyrrole nitrogens is 1. The lowest BCUT2D eigenvalue weighted by atomic mass is 9.87. The number of aryl methyl sites for hydroxylation is 1. The molecule has 2 aromatic heterocycles. The van der Waals surface area contributed by atoms with Crippen molar-refractivity contribution in [1.82, 2.24) is 20.1 Å². The molecule has 3 heterocycles. The average Bonchev–Trinajstić information content (AvgIpc) is 2.85. The van der Waals surface area contributed by atoms with Crippen LogP contribution >= 0.6 is 0 Å². The van der Waals surface area contributed by atoms with Crippen molar-refractivity contribution >= 4 is 17.4 Å². The maximum Gasteiger partial charge on any atom is 0.423 e. The van der Waals surface area contributed by atoms with Crippen LogP contribution in [0.15, 0.2) is 23.3 Å². The van der Waals surface area contributed by atoms with Crippen molar-refractivity contribution in [2.24, 2.45) is 0 Å². The summed E-state index contributed by atoms with van der Waals surface area (Å²) in [5.41, 5.74) is -0.953. The van der Waals surface area contributed by atoms with Gasteiger partial charge < -0.3 is 25.0 Å². The quantitative estimate of drug-likeness (QED) is 0.374. The van der Waals surface area contributed by atoms with Gasteiger partial charge in [0.05, 0.1) is 37.6 Å². The van der Waals surface area contributed by atoms with E-state index >= 15 is 0 Å². The van der Waals surface area contributed by atoms with Crippen LogP contribution in [0.3, 0.4) is 0 Å². The minimum Gasteiger partial charge on any atom is -0.396 e. The number of hydrogen-bond donors (Lipinski definition) is 3. The van der Waals surface area contributed by atoms with Crippen LogP contribution in [-0.4, -0.2) is 82.6 Å². The van der Waals surface area contributed by atoms with Gasteiger partial charge in [-0.3, -0.25) is 9.59 Å². The summed E-state index contributed by atoms with van der Waals surface area (Å²) in [7, 11) is 0. The first-order valence-electron chi connectivity index (χ1n) is 13.3. The molecule has 1 aliphatic heterocycles. The average molecular weight is 569 g/mol. The number of rotatable bonds is 10. The van der Waals surface area contributed by atoms with Crippen molar-refractivity contribution in [2.45, 2.75) is 71.1 Å². The van der Waals surface area contributed by atoms with Gasteiger partial charge >= 0.3 is 6.18 Å². The van der Waals surface area contributed by atoms with Crippen LogP contribution < -0.4 is 15.8 Å². The predicted molar refractivity (Wildman–Crippen MR) is 145 cm³/mol. The van der Waals surface area contributed by atoms with Gasteiger partial charge in [-0.05, 0) is 36.8 Å². The second-order valence-electron chi connectivity index (χ2n) is 11.2. The molecule has 2 aromatic rings. The van der Waals surface area contributed by atoms with E-state index in [4.69, 9.17) is 9.72 Å². The van der Waals surface area contributed by atoms with Crippen LogP contribution in [0.25, 0.3) is 0 Å². The number of nitrogens with one attached hydrogen (secondary N) is 2. The molecule has 1 unspecified atom stereocenters. The van der Waals surface area contributed by atoms with Crippen molar-refractivity contribution < 1.29 is 27.8 Å². The maximum atomic E-state index is 13.2. The number of aliphatic hydroxyl groups excluding tert-OH is 1.